The molecule has 6 heteroatoms. The molecule has 0 bridgehead atoms. The third-order valence-electron chi connectivity index (χ3n) is 5.78. The van der Waals surface area contributed by atoms with Gasteiger partial charge in [-0.25, -0.2) is 9.78 Å². The molecule has 1 amide bonds. The lowest BCUT2D eigenvalue weighted by Gasteiger charge is -2.30. The number of benzene rings is 3. The van der Waals surface area contributed by atoms with Crippen LogP contribution < -0.4 is 0 Å². The van der Waals surface area contributed by atoms with Crippen molar-refractivity contribution in [2.24, 2.45) is 0 Å². The summed E-state index contributed by atoms with van der Waals surface area (Å²) in [6, 6.07) is 17.9. The normalized spacial score (nSPS) is 13.5. The molecule has 31 heavy (non-hydrogen) atoms. The van der Waals surface area contributed by atoms with E-state index in [1.165, 1.54) is 16.3 Å². The van der Waals surface area contributed by atoms with E-state index in [4.69, 9.17) is 32.9 Å². The molecule has 0 saturated carbocycles. The quantitative estimate of drug-likeness (QED) is 0.312. The summed E-state index contributed by atoms with van der Waals surface area (Å²) >= 11 is 12.7. The zero-order chi connectivity index (χ0) is 21.5. The van der Waals surface area contributed by atoms with Crippen LogP contribution in [0.15, 0.2) is 54.6 Å². The van der Waals surface area contributed by atoms with Crippen molar-refractivity contribution in [3.63, 3.8) is 0 Å². The Balaban J connectivity index is 1.80. The van der Waals surface area contributed by atoms with Crippen LogP contribution in [0.3, 0.4) is 0 Å². The largest absolute Gasteiger partial charge is 0.450 e. The molecule has 5 rings (SSSR count). The van der Waals surface area contributed by atoms with Crippen LogP contribution in [0.2, 0.25) is 10.0 Å². The Morgan fingerprint density at radius 2 is 1.94 bits per heavy atom. The molecule has 0 aliphatic carbocycles. The first-order valence-corrected chi connectivity index (χ1v) is 11.0. The number of rotatable bonds is 2. The highest BCUT2D eigenvalue weighted by Crippen LogP contribution is 2.39. The molecule has 0 spiro atoms. The van der Waals surface area contributed by atoms with Crippen molar-refractivity contribution >= 4 is 51.0 Å². The molecule has 156 valence electrons. The summed E-state index contributed by atoms with van der Waals surface area (Å²) in [4.78, 5) is 19.2. The van der Waals surface area contributed by atoms with Crippen molar-refractivity contribution < 1.29 is 9.53 Å². The number of carbonyl (C=O) groups excluding carboxylic acids is 1. The molecule has 0 fully saturated rings. The second-order valence-corrected chi connectivity index (χ2v) is 8.44. The number of nitrogens with zero attached hydrogens (tertiary/aromatic N) is 2. The van der Waals surface area contributed by atoms with E-state index in [0.717, 1.165) is 34.1 Å². The number of amides is 1. The van der Waals surface area contributed by atoms with Crippen molar-refractivity contribution in [1.82, 2.24) is 9.88 Å². The predicted octanol–water partition coefficient (Wildman–Crippen LogP) is 6.88. The van der Waals surface area contributed by atoms with Gasteiger partial charge in [0.25, 0.3) is 0 Å². The summed E-state index contributed by atoms with van der Waals surface area (Å²) < 4.78 is 5.26. The number of halogens is 2. The van der Waals surface area contributed by atoms with Crippen LogP contribution in [0.1, 0.15) is 18.1 Å². The Hall–Kier alpha value is -2.82. The van der Waals surface area contributed by atoms with Gasteiger partial charge in [-0.05, 0) is 53.9 Å². The van der Waals surface area contributed by atoms with Crippen LogP contribution in [0.5, 0.6) is 0 Å². The second kappa shape index (κ2) is 8.03. The van der Waals surface area contributed by atoms with Crippen molar-refractivity contribution in [3.05, 3.63) is 75.8 Å². The lowest BCUT2D eigenvalue weighted by atomic mass is 9.89. The van der Waals surface area contributed by atoms with Crippen LogP contribution in [-0.4, -0.2) is 29.1 Å². The average molecular weight is 451 g/mol. The van der Waals surface area contributed by atoms with Crippen molar-refractivity contribution in [2.45, 2.75) is 19.9 Å². The Kier molecular flexibility index (Phi) is 5.20. The summed E-state index contributed by atoms with van der Waals surface area (Å²) in [5.74, 6) is 0. The van der Waals surface area contributed by atoms with Crippen molar-refractivity contribution in [1.29, 1.82) is 0 Å². The fraction of sp³-hybridized carbons (Fsp3) is 0.200. The molecular formula is C25H20Cl2N2O2. The zero-order valence-corrected chi connectivity index (χ0v) is 18.5. The first-order valence-electron chi connectivity index (χ1n) is 10.3. The third kappa shape index (κ3) is 3.50. The van der Waals surface area contributed by atoms with Crippen LogP contribution in [0.4, 0.5) is 4.79 Å². The second-order valence-electron chi connectivity index (χ2n) is 7.59. The summed E-state index contributed by atoms with van der Waals surface area (Å²) in [7, 11) is 0. The number of ether oxygens (including phenoxy) is 1. The Bertz CT molecular complexity index is 1340. The van der Waals surface area contributed by atoms with Crippen LogP contribution in [0, 0.1) is 0 Å². The van der Waals surface area contributed by atoms with Gasteiger partial charge in [-0.15, -0.1) is 0 Å². The topological polar surface area (TPSA) is 42.4 Å². The smallest absolute Gasteiger partial charge is 0.410 e. The SMILES string of the molecule is CCOC(=O)N1CCc2c(c(-c3ccc(Cl)cc3Cl)nc3ccc4ccccc4c23)C1. The molecule has 0 saturated heterocycles. The molecule has 2 heterocycles. The van der Waals surface area contributed by atoms with Gasteiger partial charge in [0.15, 0.2) is 0 Å². The number of carbonyl (C=O) groups is 1. The maximum absolute atomic E-state index is 12.5. The number of pyridine rings is 1. The van der Waals surface area contributed by atoms with E-state index in [9.17, 15) is 4.79 Å². The molecule has 0 atom stereocenters. The predicted molar refractivity (Wildman–Crippen MR) is 126 cm³/mol. The summed E-state index contributed by atoms with van der Waals surface area (Å²) in [6.45, 7) is 3.19. The van der Waals surface area contributed by atoms with Gasteiger partial charge in [-0.3, -0.25) is 0 Å². The molecule has 1 aliphatic rings. The van der Waals surface area contributed by atoms with Crippen molar-refractivity contribution in [2.75, 3.05) is 13.2 Å². The molecule has 1 aliphatic heterocycles. The molecule has 0 radical (unpaired) electrons. The van der Waals surface area contributed by atoms with Gasteiger partial charge in [-0.2, -0.15) is 0 Å². The van der Waals surface area contributed by atoms with Crippen molar-refractivity contribution in [3.8, 4) is 11.3 Å². The molecule has 3 aromatic carbocycles. The molecule has 0 N–H and O–H groups in total. The van der Waals surface area contributed by atoms with Gasteiger partial charge in [0, 0.05) is 28.1 Å². The van der Waals surface area contributed by atoms with Gasteiger partial charge in [0.05, 0.1) is 29.4 Å². The third-order valence-corrected chi connectivity index (χ3v) is 6.33. The lowest BCUT2D eigenvalue weighted by molar-refractivity contribution is 0.103. The van der Waals surface area contributed by atoms with Gasteiger partial charge < -0.3 is 9.64 Å². The van der Waals surface area contributed by atoms with E-state index >= 15 is 0 Å². The first-order chi connectivity index (χ1) is 15.1. The molecular weight excluding hydrogens is 431 g/mol. The van der Waals surface area contributed by atoms with Gasteiger partial charge in [0.2, 0.25) is 0 Å². The Morgan fingerprint density at radius 3 is 2.74 bits per heavy atom. The van der Waals surface area contributed by atoms with Crippen LogP contribution >= 0.6 is 23.2 Å². The Labute approximate surface area is 190 Å². The number of hydrogen-bond donors (Lipinski definition) is 0. The van der Waals surface area contributed by atoms with Gasteiger partial charge in [0.1, 0.15) is 0 Å². The minimum atomic E-state index is -0.306. The molecule has 1 aromatic heterocycles. The van der Waals surface area contributed by atoms with Crippen LogP contribution in [0.25, 0.3) is 32.9 Å². The van der Waals surface area contributed by atoms with E-state index in [-0.39, 0.29) is 6.09 Å². The summed E-state index contributed by atoms with van der Waals surface area (Å²) in [5, 5.41) is 4.59. The number of aromatic nitrogens is 1. The summed E-state index contributed by atoms with van der Waals surface area (Å²) in [6.07, 6.45) is 0.415. The monoisotopic (exact) mass is 450 g/mol. The standard InChI is InChI=1S/C25H20Cl2N2O2/c1-2-31-25(30)29-12-11-18-20(14-29)24(19-9-8-16(26)13-21(19)27)28-22-10-7-15-5-3-4-6-17(15)23(18)22/h3-10,13H,2,11-12,14H2,1H3. The fourth-order valence-corrected chi connectivity index (χ4v) is 4.89. The highest BCUT2D eigenvalue weighted by molar-refractivity contribution is 6.36. The minimum absolute atomic E-state index is 0.306. The highest BCUT2D eigenvalue weighted by Gasteiger charge is 2.28. The van der Waals surface area contributed by atoms with E-state index in [1.54, 1.807) is 11.0 Å². The summed E-state index contributed by atoms with van der Waals surface area (Å²) in [5.41, 5.74) is 4.73. The molecule has 4 nitrogen and oxygen atoms in total. The molecule has 4 aromatic rings. The fourth-order valence-electron chi connectivity index (χ4n) is 4.39. The number of hydrogen-bond acceptors (Lipinski definition) is 3. The average Bonchev–Trinajstić information content (AvgIpc) is 2.78. The zero-order valence-electron chi connectivity index (χ0n) is 17.0. The minimum Gasteiger partial charge on any atom is -0.450 e. The van der Waals surface area contributed by atoms with Gasteiger partial charge >= 0.3 is 6.09 Å². The van der Waals surface area contributed by atoms with Gasteiger partial charge in [-0.1, -0.05) is 53.5 Å². The number of fused-ring (bicyclic) bond motifs is 5. The van der Waals surface area contributed by atoms with E-state index in [2.05, 4.69) is 24.3 Å². The first kappa shape index (κ1) is 20.1. The Morgan fingerprint density at radius 1 is 1.10 bits per heavy atom. The van der Waals surface area contributed by atoms with E-state index in [1.807, 2.05) is 31.2 Å². The maximum Gasteiger partial charge on any atom is 0.410 e. The highest BCUT2D eigenvalue weighted by atomic mass is 35.5. The maximum atomic E-state index is 12.5. The van der Waals surface area contributed by atoms with Crippen LogP contribution in [-0.2, 0) is 17.7 Å². The lowest BCUT2D eigenvalue weighted by Crippen LogP contribution is -2.37. The van der Waals surface area contributed by atoms with E-state index in [0.29, 0.717) is 29.7 Å². The molecule has 0 unspecified atom stereocenters. The van der Waals surface area contributed by atoms with E-state index < -0.39 is 0 Å².